The van der Waals surface area contributed by atoms with E-state index in [4.69, 9.17) is 11.6 Å². The van der Waals surface area contributed by atoms with E-state index in [0.29, 0.717) is 27.3 Å². The zero-order valence-electron chi connectivity index (χ0n) is 16.8. The van der Waals surface area contributed by atoms with E-state index in [2.05, 4.69) is 6.07 Å². The first kappa shape index (κ1) is 21.8. The Morgan fingerprint density at radius 1 is 1.07 bits per heavy atom. The third kappa shape index (κ3) is 4.17. The van der Waals surface area contributed by atoms with E-state index in [0.717, 1.165) is 22.3 Å². The smallest absolute Gasteiger partial charge is 0.282 e. The van der Waals surface area contributed by atoms with Crippen LogP contribution in [0.1, 0.15) is 30.5 Å². The number of hydrogen-bond donors (Lipinski definition) is 1. The van der Waals surface area contributed by atoms with Crippen molar-refractivity contribution >= 4 is 27.3 Å². The van der Waals surface area contributed by atoms with Crippen molar-refractivity contribution in [1.29, 1.82) is 5.26 Å². The molecule has 0 saturated carbocycles. The molecule has 3 aromatic carbocycles. The number of benzene rings is 3. The van der Waals surface area contributed by atoms with Gasteiger partial charge in [-0.3, -0.25) is 4.55 Å². The lowest BCUT2D eigenvalue weighted by atomic mass is 9.86. The summed E-state index contributed by atoms with van der Waals surface area (Å²) in [5.74, 6) is 0. The van der Waals surface area contributed by atoms with Crippen molar-refractivity contribution in [3.63, 3.8) is 0 Å². The first-order chi connectivity index (χ1) is 14.2. The highest BCUT2D eigenvalue weighted by atomic mass is 35.5. The summed E-state index contributed by atoms with van der Waals surface area (Å²) >= 11 is 6.06. The molecule has 4 nitrogen and oxygen atoms in total. The molecule has 0 radical (unpaired) electrons. The van der Waals surface area contributed by atoms with Crippen molar-refractivity contribution in [2.45, 2.75) is 25.7 Å². The summed E-state index contributed by atoms with van der Waals surface area (Å²) in [5.41, 5.74) is 5.14. The van der Waals surface area contributed by atoms with Crippen LogP contribution in [0, 0.1) is 18.3 Å². The van der Waals surface area contributed by atoms with Gasteiger partial charge in [0, 0.05) is 10.6 Å². The van der Waals surface area contributed by atoms with Crippen molar-refractivity contribution in [3.05, 3.63) is 82.4 Å². The van der Waals surface area contributed by atoms with E-state index in [1.165, 1.54) is 6.07 Å². The number of nitrogens with zero attached hydrogens (tertiary/aromatic N) is 1. The third-order valence-corrected chi connectivity index (χ3v) is 6.23. The third-order valence-electron chi connectivity index (χ3n) is 5.10. The van der Waals surface area contributed by atoms with Gasteiger partial charge in [0.05, 0.1) is 11.6 Å². The van der Waals surface area contributed by atoms with Crippen molar-refractivity contribution in [2.24, 2.45) is 0 Å². The Morgan fingerprint density at radius 3 is 2.30 bits per heavy atom. The molecule has 0 fully saturated rings. The molecule has 3 aromatic rings. The lowest BCUT2D eigenvalue weighted by Gasteiger charge is -2.21. The molecule has 0 aromatic heterocycles. The van der Waals surface area contributed by atoms with Crippen LogP contribution in [-0.4, -0.2) is 13.0 Å². The number of hydrogen-bond acceptors (Lipinski definition) is 3. The minimum absolute atomic E-state index is 0.204. The molecule has 152 valence electrons. The molecule has 0 unspecified atom stereocenters. The molecule has 6 heteroatoms. The van der Waals surface area contributed by atoms with E-state index in [-0.39, 0.29) is 4.90 Å². The second-order valence-corrected chi connectivity index (χ2v) is 8.77. The van der Waals surface area contributed by atoms with Crippen molar-refractivity contribution in [2.75, 3.05) is 0 Å². The number of allylic oxidation sites excluding steroid dienone is 2. The van der Waals surface area contributed by atoms with Crippen molar-refractivity contribution < 1.29 is 13.0 Å². The van der Waals surface area contributed by atoms with Crippen LogP contribution in [0.4, 0.5) is 0 Å². The van der Waals surface area contributed by atoms with Gasteiger partial charge in [-0.2, -0.15) is 13.7 Å². The van der Waals surface area contributed by atoms with Crippen LogP contribution in [0.15, 0.2) is 65.6 Å². The van der Waals surface area contributed by atoms with E-state index < -0.39 is 10.1 Å². The standard InChI is InChI=1S/C24H20ClNO3S/c1-4-15(2)21-13-22(30(27,28)29)24(19-7-5-6-17(12-19)14-26)23(16(21)3)18-8-10-20(25)11-9-18/h4-13H,1-3H3,(H,27,28,29). The normalized spacial score (nSPS) is 11.9. The SMILES string of the molecule is CC=C(C)c1cc(S(=O)(=O)O)c(-c2cccc(C#N)c2)c(-c2ccc(Cl)cc2)c1C. The van der Waals surface area contributed by atoms with Gasteiger partial charge in [-0.25, -0.2) is 0 Å². The fourth-order valence-corrected chi connectivity index (χ4v) is 4.40. The highest BCUT2D eigenvalue weighted by molar-refractivity contribution is 7.86. The molecule has 30 heavy (non-hydrogen) atoms. The Labute approximate surface area is 181 Å². The molecule has 0 aliphatic rings. The quantitative estimate of drug-likeness (QED) is 0.471. The number of rotatable bonds is 4. The Morgan fingerprint density at radius 2 is 1.73 bits per heavy atom. The van der Waals surface area contributed by atoms with Gasteiger partial charge in [0.25, 0.3) is 10.1 Å². The summed E-state index contributed by atoms with van der Waals surface area (Å²) in [6.45, 7) is 5.67. The fraction of sp³-hybridized carbons (Fsp3) is 0.125. The lowest BCUT2D eigenvalue weighted by molar-refractivity contribution is 0.483. The molecule has 0 heterocycles. The maximum Gasteiger partial charge on any atom is 0.295 e. The summed E-state index contributed by atoms with van der Waals surface area (Å²) in [6.07, 6.45) is 1.89. The molecule has 0 aliphatic carbocycles. The molecule has 3 rings (SSSR count). The van der Waals surface area contributed by atoms with E-state index in [9.17, 15) is 18.2 Å². The molecule has 0 atom stereocenters. The second-order valence-electron chi connectivity index (χ2n) is 6.94. The van der Waals surface area contributed by atoms with Crippen molar-refractivity contribution in [3.8, 4) is 28.3 Å². The maximum atomic E-state index is 12.4. The Kier molecular flexibility index (Phi) is 6.14. The average Bonchev–Trinajstić information content (AvgIpc) is 2.72. The largest absolute Gasteiger partial charge is 0.295 e. The highest BCUT2D eigenvalue weighted by Crippen LogP contribution is 2.43. The predicted octanol–water partition coefficient (Wildman–Crippen LogP) is 6.52. The van der Waals surface area contributed by atoms with E-state index in [1.54, 1.807) is 36.4 Å². The number of halogens is 1. The van der Waals surface area contributed by atoms with Gasteiger partial charge >= 0.3 is 0 Å². The Balaban J connectivity index is 2.57. The summed E-state index contributed by atoms with van der Waals surface area (Å²) in [6, 6.07) is 17.3. The zero-order valence-corrected chi connectivity index (χ0v) is 18.3. The van der Waals surface area contributed by atoms with Crippen LogP contribution in [-0.2, 0) is 10.1 Å². The molecule has 0 bridgehead atoms. The summed E-state index contributed by atoms with van der Waals surface area (Å²) in [4.78, 5) is -0.204. The van der Waals surface area contributed by atoms with Crippen molar-refractivity contribution in [1.82, 2.24) is 0 Å². The Bertz CT molecular complexity index is 1300. The molecular formula is C24H20ClNO3S. The van der Waals surface area contributed by atoms with E-state index >= 15 is 0 Å². The first-order valence-corrected chi connectivity index (χ1v) is 11.0. The Hall–Kier alpha value is -2.91. The summed E-state index contributed by atoms with van der Waals surface area (Å²) in [7, 11) is -4.56. The van der Waals surface area contributed by atoms with Gasteiger partial charge in [-0.15, -0.1) is 0 Å². The molecule has 0 amide bonds. The molecule has 1 N–H and O–H groups in total. The van der Waals surface area contributed by atoms with Gasteiger partial charge in [0.15, 0.2) is 0 Å². The van der Waals surface area contributed by atoms with Crippen LogP contribution >= 0.6 is 11.6 Å². The zero-order chi connectivity index (χ0) is 22.1. The fourth-order valence-electron chi connectivity index (χ4n) is 3.53. The van der Waals surface area contributed by atoms with E-state index in [1.807, 2.05) is 39.0 Å². The van der Waals surface area contributed by atoms with Gasteiger partial charge in [0.1, 0.15) is 4.90 Å². The number of nitriles is 1. The first-order valence-electron chi connectivity index (χ1n) is 9.22. The maximum absolute atomic E-state index is 12.4. The van der Waals surface area contributed by atoms with Crippen LogP contribution in [0.25, 0.3) is 27.8 Å². The topological polar surface area (TPSA) is 78.2 Å². The summed E-state index contributed by atoms with van der Waals surface area (Å²) < 4.78 is 35.0. The van der Waals surface area contributed by atoms with Gasteiger partial charge in [0.2, 0.25) is 0 Å². The lowest BCUT2D eigenvalue weighted by Crippen LogP contribution is -2.06. The highest BCUT2D eigenvalue weighted by Gasteiger charge is 2.25. The second kappa shape index (κ2) is 8.45. The monoisotopic (exact) mass is 437 g/mol. The average molecular weight is 438 g/mol. The molecular weight excluding hydrogens is 418 g/mol. The molecule has 0 aliphatic heterocycles. The van der Waals surface area contributed by atoms with Crippen LogP contribution in [0.3, 0.4) is 0 Å². The van der Waals surface area contributed by atoms with Gasteiger partial charge in [-0.1, -0.05) is 41.9 Å². The summed E-state index contributed by atoms with van der Waals surface area (Å²) in [5, 5.41) is 9.87. The molecule has 0 saturated heterocycles. The molecule has 0 spiro atoms. The minimum Gasteiger partial charge on any atom is -0.282 e. The minimum atomic E-state index is -4.56. The van der Waals surface area contributed by atoms with Gasteiger partial charge < -0.3 is 0 Å². The van der Waals surface area contributed by atoms with Crippen LogP contribution in [0.5, 0.6) is 0 Å². The van der Waals surface area contributed by atoms with Crippen LogP contribution < -0.4 is 0 Å². The van der Waals surface area contributed by atoms with Crippen LogP contribution in [0.2, 0.25) is 5.02 Å². The predicted molar refractivity (Wildman–Crippen MR) is 121 cm³/mol. The van der Waals surface area contributed by atoms with Gasteiger partial charge in [-0.05, 0) is 84.5 Å².